The van der Waals surface area contributed by atoms with Crippen molar-refractivity contribution in [1.82, 2.24) is 10.2 Å². The minimum absolute atomic E-state index is 0.201. The summed E-state index contributed by atoms with van der Waals surface area (Å²) in [7, 11) is 1.57. The average molecular weight is 259 g/mol. The third-order valence-corrected chi connectivity index (χ3v) is 2.72. The summed E-state index contributed by atoms with van der Waals surface area (Å²) in [5.74, 6) is 0.992. The largest absolute Gasteiger partial charge is 0.497 e. The van der Waals surface area contributed by atoms with Gasteiger partial charge in [0.15, 0.2) is 5.82 Å². The average Bonchev–Trinajstić information content (AvgIpc) is 2.86. The molecule has 0 aliphatic carbocycles. The Bertz CT molecular complexity index is 563. The van der Waals surface area contributed by atoms with E-state index in [0.717, 1.165) is 18.5 Å². The Balaban J connectivity index is 2.06. The molecule has 100 valence electrons. The molecule has 0 atom stereocenters. The number of H-pyrrole nitrogens is 1. The minimum atomic E-state index is -0.201. The van der Waals surface area contributed by atoms with Crippen LogP contribution in [0.4, 0.5) is 5.82 Å². The van der Waals surface area contributed by atoms with Gasteiger partial charge in [0, 0.05) is 17.3 Å². The Labute approximate surface area is 112 Å². The number of benzene rings is 1. The second-order valence-corrected chi connectivity index (χ2v) is 4.21. The van der Waals surface area contributed by atoms with Crippen LogP contribution in [0.5, 0.6) is 5.75 Å². The van der Waals surface area contributed by atoms with Crippen LogP contribution < -0.4 is 10.1 Å². The van der Waals surface area contributed by atoms with Gasteiger partial charge in [-0.05, 0) is 24.6 Å². The molecule has 0 saturated heterocycles. The Morgan fingerprint density at radius 2 is 2.26 bits per heavy atom. The maximum Gasteiger partial charge on any atom is 0.256 e. The molecule has 2 N–H and O–H groups in total. The first-order chi connectivity index (χ1) is 9.22. The van der Waals surface area contributed by atoms with Crippen LogP contribution in [0.2, 0.25) is 0 Å². The van der Waals surface area contributed by atoms with Gasteiger partial charge in [-0.25, -0.2) is 0 Å². The van der Waals surface area contributed by atoms with Crippen LogP contribution in [0.1, 0.15) is 29.4 Å². The molecule has 0 saturated carbocycles. The predicted molar refractivity (Wildman–Crippen MR) is 73.5 cm³/mol. The molecule has 1 amide bonds. The summed E-state index contributed by atoms with van der Waals surface area (Å²) in [6.07, 6.45) is 1.95. The molecular formula is C14H17N3O2. The number of aryl methyl sites for hydroxylation is 1. The monoisotopic (exact) mass is 259 g/mol. The minimum Gasteiger partial charge on any atom is -0.497 e. The lowest BCUT2D eigenvalue weighted by molar-refractivity contribution is 0.102. The van der Waals surface area contributed by atoms with Gasteiger partial charge < -0.3 is 10.1 Å². The van der Waals surface area contributed by atoms with Crippen LogP contribution in [-0.4, -0.2) is 23.2 Å². The molecule has 0 fully saturated rings. The summed E-state index contributed by atoms with van der Waals surface area (Å²) in [6.45, 7) is 2.09. The number of aromatic amines is 1. The molecule has 5 nitrogen and oxygen atoms in total. The van der Waals surface area contributed by atoms with Crippen LogP contribution in [0.3, 0.4) is 0 Å². The van der Waals surface area contributed by atoms with Gasteiger partial charge in [0.25, 0.3) is 5.91 Å². The second kappa shape index (κ2) is 6.04. The van der Waals surface area contributed by atoms with Gasteiger partial charge in [-0.1, -0.05) is 19.4 Å². The van der Waals surface area contributed by atoms with Crippen LogP contribution in [0.15, 0.2) is 30.3 Å². The fourth-order valence-corrected chi connectivity index (χ4v) is 1.78. The molecule has 0 aliphatic rings. The number of hydrogen-bond donors (Lipinski definition) is 2. The summed E-state index contributed by atoms with van der Waals surface area (Å²) in [4.78, 5) is 12.0. The van der Waals surface area contributed by atoms with E-state index in [0.29, 0.717) is 17.1 Å². The number of nitrogens with one attached hydrogen (secondary N) is 2. The van der Waals surface area contributed by atoms with Crippen molar-refractivity contribution >= 4 is 11.7 Å². The SMILES string of the molecule is CCCc1cc(NC(=O)c2cccc(OC)c2)n[nH]1. The number of carbonyl (C=O) groups excluding carboxylic acids is 1. The third kappa shape index (κ3) is 3.34. The normalized spacial score (nSPS) is 10.2. The molecule has 0 unspecified atom stereocenters. The lowest BCUT2D eigenvalue weighted by atomic mass is 10.2. The molecule has 0 radical (unpaired) electrons. The molecule has 0 bridgehead atoms. The molecule has 1 heterocycles. The van der Waals surface area contributed by atoms with Gasteiger partial charge in [-0.3, -0.25) is 9.89 Å². The lowest BCUT2D eigenvalue weighted by Crippen LogP contribution is -2.12. The molecule has 0 aliphatic heterocycles. The maximum absolute atomic E-state index is 12.0. The zero-order chi connectivity index (χ0) is 13.7. The number of methoxy groups -OCH3 is 1. The van der Waals surface area contributed by atoms with Gasteiger partial charge in [0.2, 0.25) is 0 Å². The van der Waals surface area contributed by atoms with E-state index in [1.807, 2.05) is 6.07 Å². The zero-order valence-corrected chi connectivity index (χ0v) is 11.1. The van der Waals surface area contributed by atoms with Crippen molar-refractivity contribution in [1.29, 1.82) is 0 Å². The van der Waals surface area contributed by atoms with Crippen LogP contribution in [0, 0.1) is 0 Å². The van der Waals surface area contributed by atoms with Gasteiger partial charge >= 0.3 is 0 Å². The molecule has 1 aromatic heterocycles. The van der Waals surface area contributed by atoms with Crippen LogP contribution in [0.25, 0.3) is 0 Å². The molecular weight excluding hydrogens is 242 g/mol. The first kappa shape index (κ1) is 13.1. The third-order valence-electron chi connectivity index (χ3n) is 2.72. The summed E-state index contributed by atoms with van der Waals surface area (Å²) < 4.78 is 5.09. The van der Waals surface area contributed by atoms with E-state index in [1.54, 1.807) is 31.4 Å². The van der Waals surface area contributed by atoms with Gasteiger partial charge in [0.05, 0.1) is 7.11 Å². The molecule has 0 spiro atoms. The summed E-state index contributed by atoms with van der Waals surface area (Å²) >= 11 is 0. The highest BCUT2D eigenvalue weighted by atomic mass is 16.5. The maximum atomic E-state index is 12.0. The summed E-state index contributed by atoms with van der Waals surface area (Å²) in [5.41, 5.74) is 1.56. The number of ether oxygens (including phenoxy) is 1. The first-order valence-electron chi connectivity index (χ1n) is 6.22. The van der Waals surface area contributed by atoms with E-state index in [1.165, 1.54) is 0 Å². The van der Waals surface area contributed by atoms with E-state index in [9.17, 15) is 4.79 Å². The molecule has 5 heteroatoms. The second-order valence-electron chi connectivity index (χ2n) is 4.21. The van der Waals surface area contributed by atoms with E-state index >= 15 is 0 Å². The quantitative estimate of drug-likeness (QED) is 0.867. The van der Waals surface area contributed by atoms with E-state index in [-0.39, 0.29) is 5.91 Å². The standard InChI is InChI=1S/C14H17N3O2/c1-3-5-11-9-13(17-16-11)15-14(18)10-6-4-7-12(8-10)19-2/h4,6-9H,3,5H2,1-2H3,(H2,15,16,17,18). The number of aromatic nitrogens is 2. The first-order valence-corrected chi connectivity index (χ1v) is 6.22. The Hall–Kier alpha value is -2.30. The number of hydrogen-bond acceptors (Lipinski definition) is 3. The fraction of sp³-hybridized carbons (Fsp3) is 0.286. The van der Waals surface area contributed by atoms with Crippen molar-refractivity contribution in [3.05, 3.63) is 41.6 Å². The predicted octanol–water partition coefficient (Wildman–Crippen LogP) is 2.62. The van der Waals surface area contributed by atoms with Crippen molar-refractivity contribution in [2.24, 2.45) is 0 Å². The van der Waals surface area contributed by atoms with Crippen molar-refractivity contribution in [2.45, 2.75) is 19.8 Å². The topological polar surface area (TPSA) is 67.0 Å². The van der Waals surface area contributed by atoms with Crippen molar-refractivity contribution < 1.29 is 9.53 Å². The Morgan fingerprint density at radius 1 is 1.42 bits per heavy atom. The number of amides is 1. The summed E-state index contributed by atoms with van der Waals surface area (Å²) in [6, 6.07) is 8.85. The van der Waals surface area contributed by atoms with Crippen LogP contribution >= 0.6 is 0 Å². The smallest absolute Gasteiger partial charge is 0.256 e. The highest BCUT2D eigenvalue weighted by Gasteiger charge is 2.09. The Kier molecular flexibility index (Phi) is 4.18. The van der Waals surface area contributed by atoms with Crippen molar-refractivity contribution in [2.75, 3.05) is 12.4 Å². The van der Waals surface area contributed by atoms with Gasteiger partial charge in [-0.2, -0.15) is 5.10 Å². The Morgan fingerprint density at radius 3 is 3.00 bits per heavy atom. The lowest BCUT2D eigenvalue weighted by Gasteiger charge is -2.04. The van der Waals surface area contributed by atoms with Gasteiger partial charge in [-0.15, -0.1) is 0 Å². The fourth-order valence-electron chi connectivity index (χ4n) is 1.78. The van der Waals surface area contributed by atoms with Gasteiger partial charge in [0.1, 0.15) is 5.75 Å². The van der Waals surface area contributed by atoms with Crippen molar-refractivity contribution in [3.8, 4) is 5.75 Å². The van der Waals surface area contributed by atoms with E-state index in [4.69, 9.17) is 4.74 Å². The molecule has 1 aromatic carbocycles. The number of rotatable bonds is 5. The zero-order valence-electron chi connectivity index (χ0n) is 11.1. The number of nitrogens with zero attached hydrogens (tertiary/aromatic N) is 1. The highest BCUT2D eigenvalue weighted by Crippen LogP contribution is 2.14. The van der Waals surface area contributed by atoms with E-state index < -0.39 is 0 Å². The summed E-state index contributed by atoms with van der Waals surface area (Å²) in [5, 5.41) is 9.70. The number of carbonyl (C=O) groups is 1. The molecule has 19 heavy (non-hydrogen) atoms. The molecule has 2 rings (SSSR count). The highest BCUT2D eigenvalue weighted by molar-refractivity contribution is 6.04. The number of anilines is 1. The van der Waals surface area contributed by atoms with Crippen LogP contribution in [-0.2, 0) is 6.42 Å². The van der Waals surface area contributed by atoms with Crippen molar-refractivity contribution in [3.63, 3.8) is 0 Å². The van der Waals surface area contributed by atoms with E-state index in [2.05, 4.69) is 22.4 Å². The molecule has 2 aromatic rings.